The normalized spacial score (nSPS) is 12.7. The Kier molecular flexibility index (Phi) is 4.38. The number of fused-ring (bicyclic) bond motifs is 1. The number of nitrogens with zero attached hydrogens (tertiary/aromatic N) is 2. The van der Waals surface area contributed by atoms with E-state index in [0.717, 1.165) is 29.9 Å². The van der Waals surface area contributed by atoms with E-state index in [1.54, 1.807) is 11.3 Å². The molecule has 0 radical (unpaired) electrons. The van der Waals surface area contributed by atoms with Crippen molar-refractivity contribution in [2.75, 3.05) is 5.32 Å². The highest BCUT2D eigenvalue weighted by Gasteiger charge is 2.13. The highest BCUT2D eigenvalue weighted by molar-refractivity contribution is 7.09. The van der Waals surface area contributed by atoms with Crippen LogP contribution in [0.1, 0.15) is 23.1 Å². The van der Waals surface area contributed by atoms with Gasteiger partial charge < -0.3 is 11.1 Å². The number of thiophene rings is 1. The maximum Gasteiger partial charge on any atom is 0.152 e. The van der Waals surface area contributed by atoms with Gasteiger partial charge in [-0.25, -0.2) is 4.52 Å². The van der Waals surface area contributed by atoms with Gasteiger partial charge in [-0.15, -0.1) is 11.3 Å². The number of aryl methyl sites for hydroxylation is 1. The van der Waals surface area contributed by atoms with Crippen LogP contribution in [0.25, 0.3) is 5.52 Å². The van der Waals surface area contributed by atoms with Crippen LogP contribution in [0, 0.1) is 6.92 Å². The van der Waals surface area contributed by atoms with Gasteiger partial charge in [0.1, 0.15) is 0 Å². The van der Waals surface area contributed by atoms with Gasteiger partial charge in [-0.05, 0) is 43.3 Å². The molecule has 4 nitrogen and oxygen atoms in total. The lowest BCUT2D eigenvalue weighted by molar-refractivity contribution is 0.730. The summed E-state index contributed by atoms with van der Waals surface area (Å²) in [6.07, 6.45) is 0.831. The van der Waals surface area contributed by atoms with Crippen molar-refractivity contribution in [2.45, 2.75) is 32.9 Å². The fourth-order valence-electron chi connectivity index (χ4n) is 2.58. The predicted molar refractivity (Wildman–Crippen MR) is 93.9 cm³/mol. The SMILES string of the molecule is Cc1c(CC(C)N)cc2c(NCc3cccs3)cc(Cl)nn12. The van der Waals surface area contributed by atoms with Crippen LogP contribution >= 0.6 is 22.9 Å². The third kappa shape index (κ3) is 3.11. The monoisotopic (exact) mass is 334 g/mol. The number of hydrogen-bond acceptors (Lipinski definition) is 4. The summed E-state index contributed by atoms with van der Waals surface area (Å²) in [5, 5.41) is 10.4. The minimum Gasteiger partial charge on any atom is -0.378 e. The van der Waals surface area contributed by atoms with Gasteiger partial charge >= 0.3 is 0 Å². The summed E-state index contributed by atoms with van der Waals surface area (Å²) in [7, 11) is 0. The quantitative estimate of drug-likeness (QED) is 0.745. The average molecular weight is 335 g/mol. The molecule has 6 heteroatoms. The molecule has 0 saturated carbocycles. The van der Waals surface area contributed by atoms with Crippen molar-refractivity contribution < 1.29 is 0 Å². The van der Waals surface area contributed by atoms with E-state index in [-0.39, 0.29) is 6.04 Å². The topological polar surface area (TPSA) is 55.3 Å². The number of nitrogens with one attached hydrogen (secondary N) is 1. The summed E-state index contributed by atoms with van der Waals surface area (Å²) in [5.41, 5.74) is 10.3. The zero-order valence-corrected chi connectivity index (χ0v) is 14.2. The second kappa shape index (κ2) is 6.28. The molecule has 1 atom stereocenters. The van der Waals surface area contributed by atoms with Crippen molar-refractivity contribution in [3.05, 3.63) is 50.9 Å². The van der Waals surface area contributed by atoms with Crippen molar-refractivity contribution >= 4 is 34.1 Å². The molecule has 3 aromatic rings. The second-order valence-corrected chi connectivity index (χ2v) is 6.97. The lowest BCUT2D eigenvalue weighted by Crippen LogP contribution is -2.18. The summed E-state index contributed by atoms with van der Waals surface area (Å²) in [4.78, 5) is 1.28. The molecule has 0 spiro atoms. The van der Waals surface area contributed by atoms with Gasteiger partial charge in [-0.1, -0.05) is 17.7 Å². The van der Waals surface area contributed by atoms with Gasteiger partial charge in [0.2, 0.25) is 0 Å². The number of anilines is 1. The lowest BCUT2D eigenvalue weighted by atomic mass is 10.1. The van der Waals surface area contributed by atoms with Crippen LogP contribution < -0.4 is 11.1 Å². The Labute approximate surface area is 138 Å². The fraction of sp³-hybridized carbons (Fsp3) is 0.312. The Morgan fingerprint density at radius 2 is 2.27 bits per heavy atom. The molecule has 0 amide bonds. The van der Waals surface area contributed by atoms with Gasteiger partial charge in [0.25, 0.3) is 0 Å². The molecule has 0 bridgehead atoms. The summed E-state index contributed by atoms with van der Waals surface area (Å²) in [6, 6.07) is 8.31. The smallest absolute Gasteiger partial charge is 0.152 e. The highest BCUT2D eigenvalue weighted by Crippen LogP contribution is 2.26. The van der Waals surface area contributed by atoms with Crippen LogP contribution in [0.5, 0.6) is 0 Å². The largest absolute Gasteiger partial charge is 0.378 e. The Morgan fingerprint density at radius 1 is 1.45 bits per heavy atom. The first-order chi connectivity index (χ1) is 10.5. The molecule has 3 aromatic heterocycles. The van der Waals surface area contributed by atoms with Crippen LogP contribution in [0.15, 0.2) is 29.6 Å². The first-order valence-electron chi connectivity index (χ1n) is 7.24. The lowest BCUT2D eigenvalue weighted by Gasteiger charge is -2.08. The van der Waals surface area contributed by atoms with Gasteiger partial charge in [0.15, 0.2) is 5.15 Å². The first kappa shape index (κ1) is 15.3. The van der Waals surface area contributed by atoms with Crippen LogP contribution in [0.2, 0.25) is 5.15 Å². The summed E-state index contributed by atoms with van der Waals surface area (Å²) in [5.74, 6) is 0. The molecule has 0 saturated heterocycles. The third-order valence-corrected chi connectivity index (χ3v) is 4.69. The van der Waals surface area contributed by atoms with E-state index >= 15 is 0 Å². The maximum atomic E-state index is 6.18. The Morgan fingerprint density at radius 3 is 2.95 bits per heavy atom. The van der Waals surface area contributed by atoms with Gasteiger partial charge in [0.05, 0.1) is 11.2 Å². The second-order valence-electron chi connectivity index (χ2n) is 5.55. The fourth-order valence-corrected chi connectivity index (χ4v) is 3.41. The molecule has 0 aliphatic heterocycles. The first-order valence-corrected chi connectivity index (χ1v) is 8.50. The van der Waals surface area contributed by atoms with Crippen molar-refractivity contribution in [3.8, 4) is 0 Å². The minimum absolute atomic E-state index is 0.120. The van der Waals surface area contributed by atoms with Crippen molar-refractivity contribution in [1.29, 1.82) is 0 Å². The molecule has 0 aliphatic carbocycles. The Hall–Kier alpha value is -1.56. The highest BCUT2D eigenvalue weighted by atomic mass is 35.5. The molecule has 116 valence electrons. The number of nitrogens with two attached hydrogens (primary N) is 1. The average Bonchev–Trinajstić information content (AvgIpc) is 3.07. The van der Waals surface area contributed by atoms with E-state index in [2.05, 4.69) is 40.9 Å². The van der Waals surface area contributed by atoms with E-state index in [9.17, 15) is 0 Å². The number of hydrogen-bond donors (Lipinski definition) is 2. The van der Waals surface area contributed by atoms with Crippen LogP contribution in [0.4, 0.5) is 5.69 Å². The van der Waals surface area contributed by atoms with Crippen LogP contribution in [0.3, 0.4) is 0 Å². The van der Waals surface area contributed by atoms with E-state index in [4.69, 9.17) is 17.3 Å². The molecule has 3 N–H and O–H groups in total. The van der Waals surface area contributed by atoms with Crippen molar-refractivity contribution in [3.63, 3.8) is 0 Å². The molecule has 0 aromatic carbocycles. The standard InChI is InChI=1S/C16H19ClN4S/c1-10(18)6-12-7-15-14(19-9-13-4-3-5-22-13)8-16(17)20-21(15)11(12)2/h3-5,7-8,10,19H,6,9,18H2,1-2H3. The molecule has 3 rings (SSSR count). The molecule has 0 fully saturated rings. The minimum atomic E-state index is 0.120. The van der Waals surface area contributed by atoms with E-state index in [1.807, 2.05) is 17.5 Å². The van der Waals surface area contributed by atoms with Crippen molar-refractivity contribution in [2.24, 2.45) is 5.73 Å². The molecule has 1 unspecified atom stereocenters. The molecule has 3 heterocycles. The molecule has 0 aliphatic rings. The Balaban J connectivity index is 1.98. The van der Waals surface area contributed by atoms with E-state index in [0.29, 0.717) is 5.15 Å². The number of rotatable bonds is 5. The summed E-state index contributed by atoms with van der Waals surface area (Å²) < 4.78 is 1.90. The molecular formula is C16H19ClN4S. The van der Waals surface area contributed by atoms with Gasteiger partial charge in [-0.3, -0.25) is 0 Å². The maximum absolute atomic E-state index is 6.18. The zero-order valence-electron chi connectivity index (χ0n) is 12.6. The zero-order chi connectivity index (χ0) is 15.7. The molecule has 22 heavy (non-hydrogen) atoms. The van der Waals surface area contributed by atoms with Crippen molar-refractivity contribution in [1.82, 2.24) is 9.61 Å². The van der Waals surface area contributed by atoms with Crippen LogP contribution in [-0.4, -0.2) is 15.7 Å². The third-order valence-electron chi connectivity index (χ3n) is 3.63. The van der Waals surface area contributed by atoms with Gasteiger partial charge in [0, 0.05) is 29.2 Å². The predicted octanol–water partition coefficient (Wildman–Crippen LogP) is 3.86. The van der Waals surface area contributed by atoms with Gasteiger partial charge in [-0.2, -0.15) is 5.10 Å². The van der Waals surface area contributed by atoms with E-state index in [1.165, 1.54) is 10.4 Å². The Bertz CT molecular complexity index is 777. The summed E-state index contributed by atoms with van der Waals surface area (Å²) in [6.45, 7) is 4.84. The van der Waals surface area contributed by atoms with E-state index < -0.39 is 0 Å². The molecular weight excluding hydrogens is 316 g/mol. The van der Waals surface area contributed by atoms with Crippen LogP contribution in [-0.2, 0) is 13.0 Å². The number of halogens is 1. The number of aromatic nitrogens is 2. The summed E-state index contributed by atoms with van der Waals surface area (Å²) >= 11 is 7.91.